The number of hydrogen-bond donors (Lipinski definition) is 8. The lowest BCUT2D eigenvalue weighted by Gasteiger charge is -2.36. The Morgan fingerprint density at radius 2 is 0.522 bits per heavy atom. The first kappa shape index (κ1) is 57.5. The molecule has 4 aromatic carbocycles. The van der Waals surface area contributed by atoms with Crippen molar-refractivity contribution in [2.45, 2.75) is 30.6 Å². The van der Waals surface area contributed by atoms with Crippen molar-refractivity contribution in [2.24, 2.45) is 0 Å². The van der Waals surface area contributed by atoms with Crippen LogP contribution in [-0.4, -0.2) is 127 Å². The quantitative estimate of drug-likeness (QED) is 0.0414. The van der Waals surface area contributed by atoms with Crippen molar-refractivity contribution in [2.75, 3.05) is 12.3 Å². The van der Waals surface area contributed by atoms with E-state index in [4.69, 9.17) is 0 Å². The Balaban J connectivity index is 2.41. The molecule has 4 aromatic rings. The molecule has 2 unspecified atom stereocenters. The Labute approximate surface area is 387 Å². The van der Waals surface area contributed by atoms with Gasteiger partial charge < -0.3 is 0 Å². The fourth-order valence-corrected chi connectivity index (χ4v) is 54.9. The van der Waals surface area contributed by atoms with Gasteiger partial charge in [0, 0.05) is 6.42 Å². The third-order valence-corrected chi connectivity index (χ3v) is 66.5. The second-order valence-corrected chi connectivity index (χ2v) is 58.8. The summed E-state index contributed by atoms with van der Waals surface area (Å²) in [4.78, 5) is 0. The molecule has 4 rings (SSSR count). The molecular weight excluding hydrogens is 1140 g/mol. The Bertz CT molecular complexity index is 3260. The van der Waals surface area contributed by atoms with Gasteiger partial charge in [0.15, 0.2) is 5.66 Å². The molecule has 0 spiro atoms. The smallest absolute Gasteiger partial charge is 0.256 e. The lowest BCUT2D eigenvalue weighted by atomic mass is 10.1. The van der Waals surface area contributed by atoms with E-state index in [1.807, 2.05) is 0 Å². The van der Waals surface area contributed by atoms with Crippen LogP contribution >= 0.6 is 22.7 Å². The minimum Gasteiger partial charge on any atom is -0.256 e. The molecule has 0 saturated heterocycles. The predicted octanol–water partition coefficient (Wildman–Crippen LogP) is 2.69. The molecule has 0 amide bonds. The van der Waals surface area contributed by atoms with Crippen molar-refractivity contribution in [3.8, 4) is 0 Å². The molecule has 0 aromatic heterocycles. The summed E-state index contributed by atoms with van der Waals surface area (Å²) in [6.45, 7) is 0. The maximum absolute atomic E-state index is 14.2. The van der Waals surface area contributed by atoms with Gasteiger partial charge in [0.05, 0.1) is 6.16 Å². The van der Waals surface area contributed by atoms with Crippen molar-refractivity contribution >= 4 is 122 Å². The van der Waals surface area contributed by atoms with E-state index in [2.05, 4.69) is 0 Å². The van der Waals surface area contributed by atoms with E-state index in [-0.39, 0.29) is 0 Å². The van der Waals surface area contributed by atoms with Crippen molar-refractivity contribution in [1.29, 1.82) is 0 Å². The zero-order valence-corrected chi connectivity index (χ0v) is 43.5. The van der Waals surface area contributed by atoms with Crippen molar-refractivity contribution < 1.29 is 104 Å². The normalized spacial score (nSPS) is 15.4. The van der Waals surface area contributed by atoms with Crippen LogP contribution in [0.4, 0.5) is 0 Å². The maximum atomic E-state index is 14.2. The Kier molecular flexibility index (Phi) is 17.0. The molecule has 2 atom stereocenters. The second-order valence-electron chi connectivity index (χ2n) is 14.0. The zero-order chi connectivity index (χ0) is 51.1. The van der Waals surface area contributed by atoms with E-state index in [0.717, 1.165) is 78.9 Å². The number of hydrogen-bond acceptors (Lipinski definition) is 16. The second kappa shape index (κ2) is 19.8. The Morgan fingerprint density at radius 1 is 0.299 bits per heavy atom. The van der Waals surface area contributed by atoms with Crippen LogP contribution in [0.2, 0.25) is 0 Å². The molecule has 0 bridgehead atoms. The largest absolute Gasteiger partial charge is 0.405 e. The van der Waals surface area contributed by atoms with Gasteiger partial charge >= 0.3 is 101 Å². The highest BCUT2D eigenvalue weighted by atomic mass is 33.2. The lowest BCUT2D eigenvalue weighted by molar-refractivity contribution is 0.486. The van der Waals surface area contributed by atoms with Crippen LogP contribution in [0.5, 0.6) is 0 Å². The van der Waals surface area contributed by atoms with E-state index in [1.54, 1.807) is 0 Å². The molecule has 24 nitrogen and oxygen atoms in total. The first-order valence-electron chi connectivity index (χ1n) is 17.9. The first-order chi connectivity index (χ1) is 30.4. The summed E-state index contributed by atoms with van der Waals surface area (Å²) in [5, 5.41) is -4.40. The van der Waals surface area contributed by atoms with Crippen molar-refractivity contribution in [3.05, 3.63) is 121 Å². The van der Waals surface area contributed by atoms with Gasteiger partial charge in [-0.25, -0.2) is 0 Å². The van der Waals surface area contributed by atoms with Crippen LogP contribution < -0.4 is 21.2 Å². The van der Waals surface area contributed by atoms with Gasteiger partial charge in [-0.3, -0.25) is 36.4 Å². The summed E-state index contributed by atoms with van der Waals surface area (Å²) in [7, 11) is -52.0. The van der Waals surface area contributed by atoms with Gasteiger partial charge in [0.25, 0.3) is 0 Å². The summed E-state index contributed by atoms with van der Waals surface area (Å²) in [5.74, 6) is 0. The van der Waals surface area contributed by atoms with Gasteiger partial charge in [-0.1, -0.05) is 72.8 Å². The van der Waals surface area contributed by atoms with Crippen LogP contribution in [0, 0.1) is 0 Å². The average molecular weight is 1180 g/mol. The first-order valence-corrected chi connectivity index (χ1v) is 41.9. The molecule has 0 aliphatic rings. The molecule has 36 heteroatoms. The van der Waals surface area contributed by atoms with Gasteiger partial charge in [0.1, 0.15) is 33.0 Å². The third kappa shape index (κ3) is 10.2. The van der Waals surface area contributed by atoms with Crippen LogP contribution in [0.3, 0.4) is 0 Å². The Morgan fingerprint density at radius 3 is 0.761 bits per heavy atom. The van der Waals surface area contributed by atoms with Crippen molar-refractivity contribution in [1.82, 2.24) is 0 Å². The predicted molar refractivity (Wildman–Crippen MR) is 256 cm³/mol. The van der Waals surface area contributed by atoms with Crippen LogP contribution in [0.25, 0.3) is 0 Å². The fraction of sp³-hybridized carbons (Fsp3) is 0.226. The van der Waals surface area contributed by atoms with Gasteiger partial charge in [-0.2, -0.15) is 67.3 Å². The molecule has 0 heterocycles. The standard InChI is InChI=1S/C31H36O24P4S8/c32-60(33,34)56(61(35,36)37,26-14-5-1-6-15-26)24-13-22-30(58(64(44,45)46,65(47,48)49)28-18-9-3-10-19-28)31(59(66(50,51)52,67(53,54)55)29-20-11-4-12-21-29)23-25-57(62(38,39)40,63(41,42)43)27-16-7-2-8-17-27/h1-12,14-21,30-31H,13,22-25H2,(H4-4,32,33,34,35,36,37,38,39,40,41,42,43,44,45,46,47,48,49,50,51,52,53,54,55)/p+4. The lowest BCUT2D eigenvalue weighted by Crippen LogP contribution is -2.47. The summed E-state index contributed by atoms with van der Waals surface area (Å²) in [5.41, 5.74) is -32.0. The highest BCUT2D eigenvalue weighted by Crippen LogP contribution is 2.83. The molecule has 8 N–H and O–H groups in total. The molecule has 67 heavy (non-hydrogen) atoms. The van der Waals surface area contributed by atoms with Crippen LogP contribution in [-0.2, 0) is 77.9 Å². The van der Waals surface area contributed by atoms with E-state index >= 15 is 0 Å². The average Bonchev–Trinajstić information content (AvgIpc) is 3.16. The highest BCUT2D eigenvalue weighted by molar-refractivity contribution is 8.91. The van der Waals surface area contributed by atoms with Gasteiger partial charge in [0.2, 0.25) is 0 Å². The van der Waals surface area contributed by atoms with Crippen molar-refractivity contribution in [3.63, 3.8) is 0 Å². The zero-order valence-electron chi connectivity index (χ0n) is 33.4. The van der Waals surface area contributed by atoms with E-state index in [9.17, 15) is 104 Å². The number of benzene rings is 4. The van der Waals surface area contributed by atoms with Crippen LogP contribution in [0.15, 0.2) is 121 Å². The molecule has 0 saturated carbocycles. The molecule has 0 radical (unpaired) electrons. The SMILES string of the molecule is O=S(=O)(O)[P+](CCCC(C(CC[P+](c1ccccc1)(S(=O)(=O)O)S(=O)(=O)O)[P+](c1ccccc1)(S(=O)(=O)O)S(=O)(=O)O)[P+](c1ccccc1)(S(=O)(=O)O)S(=O)(=O)O)(c1ccccc1)S(=O)(=O)O. The summed E-state index contributed by atoms with van der Waals surface area (Å²) in [6, 6.07) is 16.9. The molecule has 0 aliphatic carbocycles. The van der Waals surface area contributed by atoms with E-state index in [1.165, 1.54) is 6.07 Å². The van der Waals surface area contributed by atoms with E-state index < -0.39 is 165 Å². The summed E-state index contributed by atoms with van der Waals surface area (Å²) < 4.78 is 308. The minimum absolute atomic E-state index is 0.538. The van der Waals surface area contributed by atoms with Gasteiger partial charge in [-0.05, 0) is 61.4 Å². The maximum Gasteiger partial charge on any atom is 0.405 e. The molecule has 372 valence electrons. The number of rotatable bonds is 22. The summed E-state index contributed by atoms with van der Waals surface area (Å²) >= 11 is 0. The molecule has 0 aliphatic heterocycles. The van der Waals surface area contributed by atoms with Gasteiger partial charge in [-0.15, -0.1) is 0 Å². The summed E-state index contributed by atoms with van der Waals surface area (Å²) in [6.07, 6.45) is -8.91. The molecule has 0 fully saturated rings. The monoisotopic (exact) mass is 1180 g/mol. The van der Waals surface area contributed by atoms with Crippen LogP contribution in [0.1, 0.15) is 19.3 Å². The fourth-order valence-electron chi connectivity index (χ4n) is 7.90. The highest BCUT2D eigenvalue weighted by Gasteiger charge is 2.82. The topological polar surface area (TPSA) is 435 Å². The molecular formula is C31H40O24P4S8+4. The minimum atomic E-state index is -6.80. The Hall–Kier alpha value is -2.12. The third-order valence-electron chi connectivity index (χ3n) is 10.4. The van der Waals surface area contributed by atoms with E-state index in [0.29, 0.717) is 36.4 Å².